The minimum atomic E-state index is 0.780. The van der Waals surface area contributed by atoms with Crippen LogP contribution in [0.4, 0.5) is 0 Å². The number of H-pyrrole nitrogens is 1. The average molecular weight is 401 g/mol. The summed E-state index contributed by atoms with van der Waals surface area (Å²) in [6, 6.07) is 17.2. The van der Waals surface area contributed by atoms with Gasteiger partial charge in [-0.15, -0.1) is 10.2 Å². The van der Waals surface area contributed by atoms with Crippen LogP contribution in [0.25, 0.3) is 16.6 Å². The third-order valence-corrected chi connectivity index (χ3v) is 6.06. The van der Waals surface area contributed by atoms with Crippen molar-refractivity contribution in [3.05, 3.63) is 78.5 Å². The molecule has 6 heteroatoms. The van der Waals surface area contributed by atoms with Gasteiger partial charge in [0.05, 0.1) is 0 Å². The Kier molecular flexibility index (Phi) is 5.34. The fourth-order valence-electron chi connectivity index (χ4n) is 4.52. The molecule has 1 aliphatic rings. The van der Waals surface area contributed by atoms with Crippen molar-refractivity contribution in [2.75, 3.05) is 33.2 Å². The fourth-order valence-corrected chi connectivity index (χ4v) is 4.52. The zero-order chi connectivity index (χ0) is 20.3. The molecule has 0 spiro atoms. The second kappa shape index (κ2) is 8.42. The lowest BCUT2D eigenvalue weighted by molar-refractivity contribution is 0.0738. The highest BCUT2D eigenvalue weighted by molar-refractivity contribution is 5.85. The first-order valence-corrected chi connectivity index (χ1v) is 10.6. The highest BCUT2D eigenvalue weighted by Crippen LogP contribution is 2.24. The lowest BCUT2D eigenvalue weighted by Crippen LogP contribution is -2.51. The molecular weight excluding hydrogens is 372 g/mol. The molecule has 0 radical (unpaired) electrons. The van der Waals surface area contributed by atoms with Crippen molar-refractivity contribution in [3.63, 3.8) is 0 Å². The van der Waals surface area contributed by atoms with Crippen molar-refractivity contribution in [3.8, 4) is 5.69 Å². The van der Waals surface area contributed by atoms with E-state index in [9.17, 15) is 0 Å². The number of aromatic amines is 1. The Morgan fingerprint density at radius 1 is 1.07 bits per heavy atom. The number of hydrogen-bond donors (Lipinski definition) is 1. The predicted octanol–water partition coefficient (Wildman–Crippen LogP) is 3.35. The molecule has 0 aliphatic carbocycles. The molecule has 1 N–H and O–H groups in total. The molecule has 154 valence electrons. The second-order valence-corrected chi connectivity index (χ2v) is 8.47. The molecule has 0 saturated carbocycles. The molecule has 30 heavy (non-hydrogen) atoms. The molecule has 4 aromatic rings. The van der Waals surface area contributed by atoms with E-state index in [1.165, 1.54) is 41.7 Å². The number of hydrogen-bond acceptors (Lipinski definition) is 4. The topological polar surface area (TPSA) is 53.0 Å². The van der Waals surface area contributed by atoms with E-state index in [0.29, 0.717) is 0 Å². The van der Waals surface area contributed by atoms with E-state index in [4.69, 9.17) is 0 Å². The maximum atomic E-state index is 3.91. The lowest BCUT2D eigenvalue weighted by atomic mass is 9.98. The Morgan fingerprint density at radius 3 is 2.67 bits per heavy atom. The second-order valence-electron chi connectivity index (χ2n) is 8.47. The van der Waals surface area contributed by atoms with Gasteiger partial charge < -0.3 is 14.8 Å². The van der Waals surface area contributed by atoms with Gasteiger partial charge in [-0.3, -0.25) is 4.57 Å². The standard InChI is InChI=1S/C24H28N6/c1-28(13-19-5-3-2-4-6-19)14-20-15-29(16-20)10-9-21-12-25-24-8-7-22(11-23(21)24)30-17-26-27-18-30/h2-8,11-12,17-18,20,25H,9-10,13-16H2,1H3. The van der Waals surface area contributed by atoms with Crippen LogP contribution in [0.1, 0.15) is 11.1 Å². The molecular formula is C24H28N6. The Bertz CT molecular complexity index is 1080. The summed E-state index contributed by atoms with van der Waals surface area (Å²) in [7, 11) is 2.23. The number of fused-ring (bicyclic) bond motifs is 1. The average Bonchev–Trinajstić information content (AvgIpc) is 3.40. The van der Waals surface area contributed by atoms with Gasteiger partial charge in [0.2, 0.25) is 0 Å². The Balaban J connectivity index is 1.12. The zero-order valence-electron chi connectivity index (χ0n) is 17.4. The van der Waals surface area contributed by atoms with Gasteiger partial charge in [-0.25, -0.2) is 0 Å². The van der Waals surface area contributed by atoms with Gasteiger partial charge in [-0.1, -0.05) is 30.3 Å². The molecule has 1 aliphatic heterocycles. The Morgan fingerprint density at radius 2 is 1.87 bits per heavy atom. The minimum absolute atomic E-state index is 0.780. The maximum Gasteiger partial charge on any atom is 0.123 e. The summed E-state index contributed by atoms with van der Waals surface area (Å²) in [5.74, 6) is 0.780. The van der Waals surface area contributed by atoms with Crippen LogP contribution < -0.4 is 0 Å². The molecule has 0 bridgehead atoms. The smallest absolute Gasteiger partial charge is 0.123 e. The van der Waals surface area contributed by atoms with Crippen LogP contribution in [-0.4, -0.2) is 62.8 Å². The first-order valence-electron chi connectivity index (χ1n) is 10.6. The van der Waals surface area contributed by atoms with Crippen molar-refractivity contribution in [2.45, 2.75) is 13.0 Å². The number of aromatic nitrogens is 4. The number of nitrogens with one attached hydrogen (secondary N) is 1. The van der Waals surface area contributed by atoms with Crippen LogP contribution >= 0.6 is 0 Å². The summed E-state index contributed by atoms with van der Waals surface area (Å²) in [5.41, 5.74) is 5.05. The van der Waals surface area contributed by atoms with Gasteiger partial charge in [0.25, 0.3) is 0 Å². The molecule has 5 rings (SSSR count). The van der Waals surface area contributed by atoms with Gasteiger partial charge in [0, 0.05) is 55.5 Å². The maximum absolute atomic E-state index is 3.91. The van der Waals surface area contributed by atoms with E-state index in [2.05, 4.69) is 86.8 Å². The summed E-state index contributed by atoms with van der Waals surface area (Å²) in [6.45, 7) is 5.71. The van der Waals surface area contributed by atoms with Crippen molar-refractivity contribution in [2.24, 2.45) is 5.92 Å². The van der Waals surface area contributed by atoms with Crippen molar-refractivity contribution >= 4 is 10.9 Å². The van der Waals surface area contributed by atoms with Gasteiger partial charge in [0.1, 0.15) is 12.7 Å². The molecule has 2 aromatic carbocycles. The molecule has 6 nitrogen and oxygen atoms in total. The van der Waals surface area contributed by atoms with Crippen LogP contribution in [0.2, 0.25) is 0 Å². The van der Waals surface area contributed by atoms with Gasteiger partial charge in [-0.2, -0.15) is 0 Å². The number of likely N-dealkylation sites (tertiary alicyclic amines) is 1. The first kappa shape index (κ1) is 19.0. The van der Waals surface area contributed by atoms with Crippen LogP contribution in [-0.2, 0) is 13.0 Å². The van der Waals surface area contributed by atoms with E-state index in [1.807, 2.05) is 4.57 Å². The molecule has 0 amide bonds. The molecule has 3 heterocycles. The van der Waals surface area contributed by atoms with Crippen LogP contribution in [0.3, 0.4) is 0 Å². The van der Waals surface area contributed by atoms with Crippen LogP contribution in [0.5, 0.6) is 0 Å². The van der Waals surface area contributed by atoms with Gasteiger partial charge >= 0.3 is 0 Å². The highest BCUT2D eigenvalue weighted by atomic mass is 15.2. The largest absolute Gasteiger partial charge is 0.361 e. The highest BCUT2D eigenvalue weighted by Gasteiger charge is 2.27. The minimum Gasteiger partial charge on any atom is -0.361 e. The summed E-state index contributed by atoms with van der Waals surface area (Å²) in [5, 5.41) is 9.12. The van der Waals surface area contributed by atoms with E-state index in [-0.39, 0.29) is 0 Å². The predicted molar refractivity (Wildman–Crippen MR) is 120 cm³/mol. The molecule has 0 atom stereocenters. The third-order valence-electron chi connectivity index (χ3n) is 6.06. The van der Waals surface area contributed by atoms with Crippen molar-refractivity contribution in [1.29, 1.82) is 0 Å². The zero-order valence-corrected chi connectivity index (χ0v) is 17.4. The fraction of sp³-hybridized carbons (Fsp3) is 0.333. The monoisotopic (exact) mass is 400 g/mol. The van der Waals surface area contributed by atoms with Crippen LogP contribution in [0, 0.1) is 5.92 Å². The lowest BCUT2D eigenvalue weighted by Gasteiger charge is -2.41. The Hall–Kier alpha value is -2.96. The SMILES string of the molecule is CN(Cc1ccccc1)CC1CN(CCc2c[nH]c3ccc(-n4cnnc4)cc23)C1. The van der Waals surface area contributed by atoms with E-state index < -0.39 is 0 Å². The molecule has 2 aromatic heterocycles. The Labute approximate surface area is 177 Å². The summed E-state index contributed by atoms with van der Waals surface area (Å²) in [6.07, 6.45) is 6.70. The van der Waals surface area contributed by atoms with Gasteiger partial charge in [-0.05, 0) is 48.7 Å². The van der Waals surface area contributed by atoms with E-state index in [1.54, 1.807) is 12.7 Å². The summed E-state index contributed by atoms with van der Waals surface area (Å²) in [4.78, 5) is 8.43. The summed E-state index contributed by atoms with van der Waals surface area (Å²) < 4.78 is 1.95. The van der Waals surface area contributed by atoms with E-state index >= 15 is 0 Å². The normalized spacial score (nSPS) is 15.1. The number of benzene rings is 2. The molecule has 1 fully saturated rings. The van der Waals surface area contributed by atoms with Crippen molar-refractivity contribution in [1.82, 2.24) is 29.5 Å². The quantitative estimate of drug-likeness (QED) is 0.493. The number of rotatable bonds is 8. The first-order chi connectivity index (χ1) is 14.7. The van der Waals surface area contributed by atoms with Crippen LogP contribution in [0.15, 0.2) is 67.4 Å². The van der Waals surface area contributed by atoms with Crippen molar-refractivity contribution < 1.29 is 0 Å². The summed E-state index contributed by atoms with van der Waals surface area (Å²) >= 11 is 0. The third kappa shape index (κ3) is 4.15. The number of nitrogens with zero attached hydrogens (tertiary/aromatic N) is 5. The molecule has 0 unspecified atom stereocenters. The van der Waals surface area contributed by atoms with E-state index in [0.717, 1.165) is 31.1 Å². The van der Waals surface area contributed by atoms with Gasteiger partial charge in [0.15, 0.2) is 0 Å². The molecule has 1 saturated heterocycles.